The van der Waals surface area contributed by atoms with E-state index in [0.717, 1.165) is 0 Å². The normalized spacial score (nSPS) is 14.7. The number of phosphoric acid groups is 1. The van der Waals surface area contributed by atoms with Crippen molar-refractivity contribution < 1.29 is 18.5 Å². The van der Waals surface area contributed by atoms with Crippen LogP contribution in [0.5, 0.6) is 0 Å². The van der Waals surface area contributed by atoms with Crippen LogP contribution in [0.2, 0.25) is 0 Å². The molecule has 0 aliphatic rings. The van der Waals surface area contributed by atoms with Crippen molar-refractivity contribution in [2.75, 3.05) is 0 Å². The van der Waals surface area contributed by atoms with Gasteiger partial charge < -0.3 is 4.89 Å². The topological polar surface area (TPSA) is 55.8 Å². The van der Waals surface area contributed by atoms with Crippen LogP contribution >= 0.6 is 7.82 Å². The first-order valence-electron chi connectivity index (χ1n) is 7.57. The summed E-state index contributed by atoms with van der Waals surface area (Å²) < 4.78 is 23.2. The summed E-state index contributed by atoms with van der Waals surface area (Å²) in [6, 6.07) is 0. The van der Waals surface area contributed by atoms with Gasteiger partial charge in [-0.05, 0) is 51.4 Å². The average molecular weight is 365 g/mol. The van der Waals surface area contributed by atoms with E-state index in [-0.39, 0.29) is 48.6 Å². The molecule has 1 N–H and O–H groups in total. The van der Waals surface area contributed by atoms with Crippen LogP contribution in [-0.4, -0.2) is 53.8 Å². The summed E-state index contributed by atoms with van der Waals surface area (Å²) in [5, 5.41) is 0. The molecule has 6 heteroatoms. The Morgan fingerprint density at radius 3 is 1.14 bits per heavy atom. The molecule has 0 saturated carbocycles. The van der Waals surface area contributed by atoms with Crippen LogP contribution in [0.25, 0.3) is 0 Å². The van der Waals surface area contributed by atoms with E-state index in [9.17, 15) is 9.46 Å². The maximum absolute atomic E-state index is 12.3. The summed E-state index contributed by atoms with van der Waals surface area (Å²) >= 11 is 0. The van der Waals surface area contributed by atoms with Crippen molar-refractivity contribution in [2.24, 2.45) is 10.8 Å². The summed E-state index contributed by atoms with van der Waals surface area (Å²) in [6.45, 7) is 19.7. The Labute approximate surface area is 167 Å². The first-order chi connectivity index (χ1) is 8.83. The molecule has 0 aromatic carbocycles. The first-order valence-corrected chi connectivity index (χ1v) is 9.07. The zero-order valence-corrected chi connectivity index (χ0v) is 16.4. The number of hydrogen-bond acceptors (Lipinski definition) is 3. The van der Waals surface area contributed by atoms with Gasteiger partial charge >= 0.3 is 45.6 Å². The second kappa shape index (κ2) is 8.17. The molecular weight excluding hydrogens is 327 g/mol. The first kappa shape index (κ1) is 25.6. The third kappa shape index (κ3) is 13.8. The summed E-state index contributed by atoms with van der Waals surface area (Å²) in [6.07, 6.45) is 1.32. The molecule has 0 amide bonds. The summed E-state index contributed by atoms with van der Waals surface area (Å²) in [5.41, 5.74) is -1.43. The van der Waals surface area contributed by atoms with Crippen LogP contribution in [0, 0.1) is 10.8 Å². The monoisotopic (exact) mass is 364 g/mol. The third-order valence-corrected chi connectivity index (χ3v) is 4.09. The molecule has 0 unspecified atom stereocenters. The van der Waals surface area contributed by atoms with Crippen LogP contribution < -0.4 is 0 Å². The fraction of sp³-hybridized carbons (Fsp3) is 1.00. The molecule has 0 aromatic heterocycles. The van der Waals surface area contributed by atoms with Crippen LogP contribution in [0.4, 0.5) is 0 Å². The van der Waals surface area contributed by atoms with Gasteiger partial charge in [0.25, 0.3) is 0 Å². The van der Waals surface area contributed by atoms with Gasteiger partial charge in [0.15, 0.2) is 0 Å². The molecule has 0 bridgehead atoms. The Morgan fingerprint density at radius 2 is 0.955 bits per heavy atom. The van der Waals surface area contributed by atoms with Gasteiger partial charge in [-0.15, -0.1) is 0 Å². The number of rotatable bonds is 6. The average Bonchev–Trinajstić information content (AvgIpc) is 1.83. The van der Waals surface area contributed by atoms with Crippen LogP contribution in [0.1, 0.15) is 82.1 Å². The molecule has 132 valence electrons. The summed E-state index contributed by atoms with van der Waals surface area (Å²) in [4.78, 5) is 10.1. The van der Waals surface area contributed by atoms with Crippen molar-refractivity contribution in [1.29, 1.82) is 0 Å². The molecule has 22 heavy (non-hydrogen) atoms. The molecule has 4 nitrogen and oxygen atoms in total. The molecule has 0 aromatic rings. The van der Waals surface area contributed by atoms with Gasteiger partial charge in [-0.25, -0.2) is 4.57 Å². The Balaban J connectivity index is 0. The van der Waals surface area contributed by atoms with E-state index in [4.69, 9.17) is 9.05 Å². The number of hydrogen-bond donors (Lipinski definition) is 1. The molecule has 0 radical (unpaired) electrons. The Bertz CT molecular complexity index is 358. The zero-order valence-electron chi connectivity index (χ0n) is 15.5. The van der Waals surface area contributed by atoms with E-state index < -0.39 is 19.0 Å². The van der Waals surface area contributed by atoms with Gasteiger partial charge in [0.1, 0.15) is 0 Å². The van der Waals surface area contributed by atoms with Crippen molar-refractivity contribution in [3.05, 3.63) is 0 Å². The fourth-order valence-corrected chi connectivity index (χ4v) is 4.68. The standard InChI is InChI=1S/C16H35O4P.Ca.2H/c1-13(2,3)11-15(7,8)19-21(17,18)20-16(9,10)12-14(4,5)6;;;/h11-12H2,1-10H3,(H,17,18);;;. The molecule has 0 fully saturated rings. The van der Waals surface area contributed by atoms with Crippen LogP contribution in [0.15, 0.2) is 0 Å². The third-order valence-electron chi connectivity index (χ3n) is 2.64. The van der Waals surface area contributed by atoms with Crippen molar-refractivity contribution in [3.63, 3.8) is 0 Å². The van der Waals surface area contributed by atoms with Crippen molar-refractivity contribution in [3.8, 4) is 0 Å². The quantitative estimate of drug-likeness (QED) is 0.551. The van der Waals surface area contributed by atoms with E-state index >= 15 is 0 Å². The predicted molar refractivity (Wildman–Crippen MR) is 96.8 cm³/mol. The minimum atomic E-state index is -4.11. The van der Waals surface area contributed by atoms with Crippen molar-refractivity contribution in [1.82, 2.24) is 0 Å². The molecule has 0 saturated heterocycles. The van der Waals surface area contributed by atoms with E-state index in [0.29, 0.717) is 12.8 Å². The molecule has 0 heterocycles. The van der Waals surface area contributed by atoms with Gasteiger partial charge in [-0.3, -0.25) is 9.05 Å². The molecular formula is C16H37CaO4P. The second-order valence-corrected chi connectivity index (χ2v) is 10.9. The van der Waals surface area contributed by atoms with E-state index in [2.05, 4.69) is 41.5 Å². The van der Waals surface area contributed by atoms with Crippen molar-refractivity contribution >= 4 is 45.6 Å². The van der Waals surface area contributed by atoms with E-state index in [1.54, 1.807) is 0 Å². The molecule has 0 spiro atoms. The SMILES string of the molecule is CC(C)(C)CC(C)(C)OP(=O)(O)OC(C)(C)CC(C)(C)C.[CaH2]. The van der Waals surface area contributed by atoms with Gasteiger partial charge in [0.05, 0.1) is 11.2 Å². The van der Waals surface area contributed by atoms with Gasteiger partial charge in [-0.2, -0.15) is 0 Å². The Morgan fingerprint density at radius 1 is 0.727 bits per heavy atom. The van der Waals surface area contributed by atoms with Gasteiger partial charge in [0.2, 0.25) is 0 Å². The van der Waals surface area contributed by atoms with Crippen molar-refractivity contribution in [2.45, 2.75) is 93.3 Å². The molecule has 0 rings (SSSR count). The number of phosphoric ester groups is 1. The predicted octanol–water partition coefficient (Wildman–Crippen LogP) is 4.63. The summed E-state index contributed by atoms with van der Waals surface area (Å²) in [7, 11) is -4.11. The Kier molecular flexibility index (Phi) is 9.50. The minimum absolute atomic E-state index is 0. The fourth-order valence-electron chi connectivity index (χ4n) is 3.26. The van der Waals surface area contributed by atoms with E-state index in [1.807, 2.05) is 27.7 Å². The molecule has 0 atom stereocenters. The second-order valence-electron chi connectivity index (χ2n) is 9.65. The van der Waals surface area contributed by atoms with Gasteiger partial charge in [-0.1, -0.05) is 41.5 Å². The van der Waals surface area contributed by atoms with E-state index in [1.165, 1.54) is 0 Å². The Hall–Kier alpha value is 1.37. The summed E-state index contributed by atoms with van der Waals surface area (Å²) in [5.74, 6) is 0. The zero-order chi connectivity index (χ0) is 17.3. The molecule has 0 aliphatic heterocycles. The maximum atomic E-state index is 12.3. The van der Waals surface area contributed by atoms with Gasteiger partial charge in [0, 0.05) is 0 Å². The van der Waals surface area contributed by atoms with Crippen LogP contribution in [-0.2, 0) is 13.6 Å². The van der Waals surface area contributed by atoms with Crippen LogP contribution in [0.3, 0.4) is 0 Å². The molecule has 0 aliphatic carbocycles.